The predicted octanol–water partition coefficient (Wildman–Crippen LogP) is 4.71. The van der Waals surface area contributed by atoms with Gasteiger partial charge in [0.1, 0.15) is 0 Å². The Morgan fingerprint density at radius 3 is 2.42 bits per heavy atom. The first-order valence-electron chi connectivity index (χ1n) is 8.73. The number of ketones is 1. The fourth-order valence-corrected chi connectivity index (χ4v) is 5.25. The molecule has 24 heavy (non-hydrogen) atoms. The molecule has 3 heterocycles. The summed E-state index contributed by atoms with van der Waals surface area (Å²) in [6.45, 7) is 2.40. The number of hydrogen-bond acceptors (Lipinski definition) is 3. The molecule has 0 N–H and O–H groups in total. The minimum Gasteiger partial charge on any atom is -0.371 e. The van der Waals surface area contributed by atoms with Crippen molar-refractivity contribution < 1.29 is 4.79 Å². The smallest absolute Gasteiger partial charge is 0.200 e. The van der Waals surface area contributed by atoms with Crippen LogP contribution in [-0.2, 0) is 12.8 Å². The highest BCUT2D eigenvalue weighted by atomic mass is 32.2. The molecule has 0 bridgehead atoms. The normalized spacial score (nSPS) is 20.2. The van der Waals surface area contributed by atoms with Crippen LogP contribution < -0.4 is 4.90 Å². The van der Waals surface area contributed by atoms with Gasteiger partial charge in [-0.15, -0.1) is 0 Å². The standard InChI is InChI=1S/C21H19NOS/c23-21-17-7-1-2-8-18(17)24-19(21)13-14-11-15-5-3-9-22-10-4-6-16(12-14)20(15)22/h1-2,7-8,11-13H,3-6,9-10H2/b19-13-. The number of thioether (sulfide) groups is 1. The number of fused-ring (bicyclic) bond motifs is 1. The van der Waals surface area contributed by atoms with Gasteiger partial charge in [0.2, 0.25) is 5.78 Å². The first kappa shape index (κ1) is 14.4. The third-order valence-corrected chi connectivity index (χ3v) is 6.33. The van der Waals surface area contributed by atoms with Gasteiger partial charge in [-0.3, -0.25) is 4.79 Å². The Hall–Kier alpha value is -2.00. The summed E-state index contributed by atoms with van der Waals surface area (Å²) in [7, 11) is 0. The van der Waals surface area contributed by atoms with Crippen LogP contribution in [0.4, 0.5) is 5.69 Å². The van der Waals surface area contributed by atoms with E-state index in [1.807, 2.05) is 24.3 Å². The summed E-state index contributed by atoms with van der Waals surface area (Å²) < 4.78 is 0. The largest absolute Gasteiger partial charge is 0.371 e. The molecule has 3 heteroatoms. The van der Waals surface area contributed by atoms with Crippen molar-refractivity contribution in [3.63, 3.8) is 0 Å². The van der Waals surface area contributed by atoms with Gasteiger partial charge in [0, 0.05) is 29.2 Å². The van der Waals surface area contributed by atoms with Crippen LogP contribution in [-0.4, -0.2) is 18.9 Å². The lowest BCUT2D eigenvalue weighted by molar-refractivity contribution is 0.104. The van der Waals surface area contributed by atoms with Crippen molar-refractivity contribution in [2.24, 2.45) is 0 Å². The van der Waals surface area contributed by atoms with E-state index in [0.29, 0.717) is 0 Å². The summed E-state index contributed by atoms with van der Waals surface area (Å²) in [4.78, 5) is 17.1. The third-order valence-electron chi connectivity index (χ3n) is 5.23. The van der Waals surface area contributed by atoms with Crippen molar-refractivity contribution >= 4 is 29.3 Å². The number of rotatable bonds is 1. The van der Waals surface area contributed by atoms with Crippen molar-refractivity contribution in [2.45, 2.75) is 30.6 Å². The molecule has 5 rings (SSSR count). The number of allylic oxidation sites excluding steroid dienone is 1. The molecule has 0 aliphatic carbocycles. The lowest BCUT2D eigenvalue weighted by atomic mass is 9.90. The van der Waals surface area contributed by atoms with Gasteiger partial charge >= 0.3 is 0 Å². The molecule has 0 spiro atoms. The number of anilines is 1. The number of aryl methyl sites for hydroxylation is 2. The van der Waals surface area contributed by atoms with E-state index in [-0.39, 0.29) is 5.78 Å². The van der Waals surface area contributed by atoms with E-state index >= 15 is 0 Å². The van der Waals surface area contributed by atoms with Crippen molar-refractivity contribution in [2.75, 3.05) is 18.0 Å². The molecule has 2 aromatic carbocycles. The van der Waals surface area contributed by atoms with E-state index in [0.717, 1.165) is 28.2 Å². The molecule has 0 unspecified atom stereocenters. The fourth-order valence-electron chi connectivity index (χ4n) is 4.20. The maximum absolute atomic E-state index is 12.6. The molecule has 0 atom stereocenters. The summed E-state index contributed by atoms with van der Waals surface area (Å²) in [5, 5.41) is 0. The number of carbonyl (C=O) groups excluding carboxylic acids is 1. The first-order valence-corrected chi connectivity index (χ1v) is 9.55. The SMILES string of the molecule is O=C1/C(=C/c2cc3c4c(c2)CCCN4CCC3)Sc2ccccc21. The molecule has 2 nitrogen and oxygen atoms in total. The number of benzene rings is 2. The van der Waals surface area contributed by atoms with Gasteiger partial charge in [0.25, 0.3) is 0 Å². The topological polar surface area (TPSA) is 20.3 Å². The third kappa shape index (κ3) is 2.22. The molecular weight excluding hydrogens is 314 g/mol. The first-order chi connectivity index (χ1) is 11.8. The molecule has 3 aliphatic heterocycles. The van der Waals surface area contributed by atoms with Crippen LogP contribution in [0.15, 0.2) is 46.2 Å². The molecule has 3 aliphatic rings. The number of Topliss-reactive ketones (excluding diaryl/α,β-unsaturated/α-hetero) is 1. The summed E-state index contributed by atoms with van der Waals surface area (Å²) in [5.74, 6) is 0.170. The zero-order valence-electron chi connectivity index (χ0n) is 13.5. The van der Waals surface area contributed by atoms with Crippen LogP contribution >= 0.6 is 11.8 Å². The van der Waals surface area contributed by atoms with E-state index in [1.54, 1.807) is 11.8 Å². The average Bonchev–Trinajstić information content (AvgIpc) is 2.92. The predicted molar refractivity (Wildman–Crippen MR) is 99.9 cm³/mol. The highest BCUT2D eigenvalue weighted by molar-refractivity contribution is 8.04. The Kier molecular flexibility index (Phi) is 3.30. The summed E-state index contributed by atoms with van der Waals surface area (Å²) >= 11 is 1.61. The summed E-state index contributed by atoms with van der Waals surface area (Å²) in [6, 6.07) is 12.5. The van der Waals surface area contributed by atoms with E-state index in [2.05, 4.69) is 23.1 Å². The molecular formula is C21H19NOS. The lowest BCUT2D eigenvalue weighted by Crippen LogP contribution is -2.34. The quantitative estimate of drug-likeness (QED) is 0.705. The van der Waals surface area contributed by atoms with Crippen molar-refractivity contribution in [3.05, 3.63) is 63.6 Å². The second kappa shape index (κ2) is 5.52. The van der Waals surface area contributed by atoms with Crippen molar-refractivity contribution in [1.82, 2.24) is 0 Å². The Balaban J connectivity index is 1.56. The van der Waals surface area contributed by atoms with Crippen LogP contribution in [0.2, 0.25) is 0 Å². The molecule has 0 aromatic heterocycles. The highest BCUT2D eigenvalue weighted by Gasteiger charge is 2.27. The van der Waals surface area contributed by atoms with Crippen LogP contribution in [0.25, 0.3) is 6.08 Å². The van der Waals surface area contributed by atoms with E-state index in [9.17, 15) is 4.79 Å². The molecule has 0 saturated heterocycles. The van der Waals surface area contributed by atoms with Crippen LogP contribution in [0, 0.1) is 0 Å². The molecule has 0 fully saturated rings. The Morgan fingerprint density at radius 1 is 1.00 bits per heavy atom. The Labute approximate surface area is 146 Å². The van der Waals surface area contributed by atoms with Crippen LogP contribution in [0.5, 0.6) is 0 Å². The molecule has 120 valence electrons. The molecule has 2 aromatic rings. The maximum atomic E-state index is 12.6. The average molecular weight is 333 g/mol. The lowest BCUT2D eigenvalue weighted by Gasteiger charge is -2.37. The van der Waals surface area contributed by atoms with Gasteiger partial charge in [0.05, 0.1) is 4.91 Å². The number of nitrogens with zero attached hydrogens (tertiary/aromatic N) is 1. The maximum Gasteiger partial charge on any atom is 0.200 e. The zero-order valence-corrected chi connectivity index (χ0v) is 14.4. The van der Waals surface area contributed by atoms with Gasteiger partial charge in [-0.25, -0.2) is 0 Å². The van der Waals surface area contributed by atoms with Crippen molar-refractivity contribution in [3.8, 4) is 0 Å². The van der Waals surface area contributed by atoms with E-state index in [4.69, 9.17) is 0 Å². The molecule has 0 amide bonds. The minimum absolute atomic E-state index is 0.170. The van der Waals surface area contributed by atoms with Gasteiger partial charge < -0.3 is 4.90 Å². The summed E-state index contributed by atoms with van der Waals surface area (Å²) in [6.07, 6.45) is 6.91. The minimum atomic E-state index is 0.170. The molecule has 0 saturated carbocycles. The monoisotopic (exact) mass is 333 g/mol. The van der Waals surface area contributed by atoms with Crippen LogP contribution in [0.3, 0.4) is 0 Å². The van der Waals surface area contributed by atoms with Gasteiger partial charge in [-0.1, -0.05) is 23.9 Å². The van der Waals surface area contributed by atoms with Crippen LogP contribution in [0.1, 0.15) is 39.9 Å². The second-order valence-corrected chi connectivity index (χ2v) is 7.90. The fraction of sp³-hybridized carbons (Fsp3) is 0.286. The van der Waals surface area contributed by atoms with E-state index < -0.39 is 0 Å². The number of carbonyl (C=O) groups is 1. The van der Waals surface area contributed by atoms with Gasteiger partial charge in [-0.05, 0) is 72.7 Å². The van der Waals surface area contributed by atoms with E-state index in [1.165, 1.54) is 48.3 Å². The Morgan fingerprint density at radius 2 is 1.71 bits per heavy atom. The van der Waals surface area contributed by atoms with Crippen molar-refractivity contribution in [1.29, 1.82) is 0 Å². The number of hydrogen-bond donors (Lipinski definition) is 0. The second-order valence-electron chi connectivity index (χ2n) is 6.82. The molecule has 0 radical (unpaired) electrons. The van der Waals surface area contributed by atoms with Gasteiger partial charge in [0.15, 0.2) is 0 Å². The summed E-state index contributed by atoms with van der Waals surface area (Å²) in [5.41, 5.74) is 6.47. The van der Waals surface area contributed by atoms with Gasteiger partial charge in [-0.2, -0.15) is 0 Å². The zero-order chi connectivity index (χ0) is 16.1. The Bertz CT molecular complexity index is 852. The highest BCUT2D eigenvalue weighted by Crippen LogP contribution is 2.42.